The summed E-state index contributed by atoms with van der Waals surface area (Å²) in [5.41, 5.74) is 10.7. The van der Waals surface area contributed by atoms with Gasteiger partial charge in [-0.15, -0.1) is 0 Å². The molecule has 47 heavy (non-hydrogen) atoms. The van der Waals surface area contributed by atoms with Gasteiger partial charge >= 0.3 is 11.9 Å². The van der Waals surface area contributed by atoms with Crippen LogP contribution >= 0.6 is 0 Å². The van der Waals surface area contributed by atoms with Crippen LogP contribution in [-0.4, -0.2) is 74.4 Å². The molecular formula is C34H45N7O5Si. The Bertz CT molecular complexity index is 1580. The van der Waals surface area contributed by atoms with Crippen LogP contribution in [0.3, 0.4) is 0 Å². The number of hydrogen-bond donors (Lipinski definition) is 0. The van der Waals surface area contributed by atoms with E-state index >= 15 is 0 Å². The van der Waals surface area contributed by atoms with E-state index in [1.165, 1.54) is 0 Å². The number of carbonyl (C=O) groups excluding carboxylic acids is 2. The number of aromatic nitrogens is 2. The lowest BCUT2D eigenvalue weighted by atomic mass is 10.1. The molecule has 0 bridgehead atoms. The Kier molecular flexibility index (Phi) is 11.6. The van der Waals surface area contributed by atoms with Gasteiger partial charge in [0, 0.05) is 37.4 Å². The Morgan fingerprint density at radius 3 is 2.26 bits per heavy atom. The van der Waals surface area contributed by atoms with E-state index in [9.17, 15) is 15.1 Å². The molecule has 2 aromatic carbocycles. The van der Waals surface area contributed by atoms with E-state index in [2.05, 4.69) is 43.9 Å². The summed E-state index contributed by atoms with van der Waals surface area (Å²) in [6.45, 7) is 10.8. The maximum Gasteiger partial charge on any atom is 0.338 e. The molecule has 1 fully saturated rings. The molecule has 12 nitrogen and oxygen atoms in total. The third-order valence-electron chi connectivity index (χ3n) is 8.77. The third kappa shape index (κ3) is 9.09. The summed E-state index contributed by atoms with van der Waals surface area (Å²) < 4.78 is 20.5. The fraction of sp³-hybridized carbons (Fsp3) is 0.471. The van der Waals surface area contributed by atoms with Crippen molar-refractivity contribution in [2.45, 2.75) is 70.0 Å². The highest BCUT2D eigenvalue weighted by Gasteiger charge is 2.42. The third-order valence-corrected chi connectivity index (χ3v) is 13.3. The summed E-state index contributed by atoms with van der Waals surface area (Å²) in [6, 6.07) is 17.4. The predicted molar refractivity (Wildman–Crippen MR) is 183 cm³/mol. The van der Waals surface area contributed by atoms with Gasteiger partial charge < -0.3 is 23.4 Å². The average Bonchev–Trinajstić information content (AvgIpc) is 3.64. The van der Waals surface area contributed by atoms with Crippen LogP contribution in [0.2, 0.25) is 18.1 Å². The van der Waals surface area contributed by atoms with Crippen molar-refractivity contribution in [3.63, 3.8) is 0 Å². The van der Waals surface area contributed by atoms with Crippen LogP contribution in [0.5, 0.6) is 0 Å². The van der Waals surface area contributed by atoms with E-state index in [-0.39, 0.29) is 30.1 Å². The summed E-state index contributed by atoms with van der Waals surface area (Å²) in [4.78, 5) is 40.4. The predicted octanol–water partition coefficient (Wildman–Crippen LogP) is 7.51. The molecule has 1 aliphatic carbocycles. The highest BCUT2D eigenvalue weighted by Crippen LogP contribution is 2.44. The van der Waals surface area contributed by atoms with Crippen LogP contribution in [0.15, 0.2) is 77.1 Å². The Labute approximate surface area is 277 Å². The number of rotatable bonds is 13. The number of esters is 2. The highest BCUT2D eigenvalue weighted by atomic mass is 28.4. The fourth-order valence-corrected chi connectivity index (χ4v) is 6.47. The van der Waals surface area contributed by atoms with Crippen molar-refractivity contribution in [3.05, 3.63) is 94.3 Å². The van der Waals surface area contributed by atoms with Crippen molar-refractivity contribution in [1.29, 1.82) is 0 Å². The SMILES string of the molecule is CN(C)/C=N/c1c([C@@H](CN=[N+]=[N-])O[Si](C)(C)C(C)(C)C)ncn1[C@@H]1C[C@H](COC(=O)c2ccccc2)[C@@H](OC(=O)c2ccccc2)C1. The Balaban J connectivity index is 1.67. The Hall–Kier alpha value is -4.45. The molecule has 13 heteroatoms. The van der Waals surface area contributed by atoms with Crippen molar-refractivity contribution < 1.29 is 23.5 Å². The van der Waals surface area contributed by atoms with Crippen LogP contribution in [0.25, 0.3) is 10.4 Å². The Morgan fingerprint density at radius 2 is 1.68 bits per heavy atom. The monoisotopic (exact) mass is 659 g/mol. The van der Waals surface area contributed by atoms with E-state index in [1.54, 1.807) is 61.2 Å². The maximum atomic E-state index is 13.2. The first-order valence-corrected chi connectivity index (χ1v) is 18.7. The van der Waals surface area contributed by atoms with Crippen LogP contribution in [-0.2, 0) is 13.9 Å². The zero-order valence-electron chi connectivity index (χ0n) is 28.2. The molecule has 1 heterocycles. The van der Waals surface area contributed by atoms with Gasteiger partial charge in [0.2, 0.25) is 0 Å². The molecule has 1 saturated carbocycles. The molecule has 1 aliphatic rings. The smallest absolute Gasteiger partial charge is 0.338 e. The van der Waals surface area contributed by atoms with Gasteiger partial charge in [0.25, 0.3) is 0 Å². The summed E-state index contributed by atoms with van der Waals surface area (Å²) in [7, 11) is 1.43. The number of ether oxygens (including phenoxy) is 2. The topological polar surface area (TPSA) is 144 Å². The van der Waals surface area contributed by atoms with Gasteiger partial charge in [-0.1, -0.05) is 62.3 Å². The maximum absolute atomic E-state index is 13.2. The average molecular weight is 660 g/mol. The van der Waals surface area contributed by atoms with Gasteiger partial charge in [-0.3, -0.25) is 0 Å². The second kappa shape index (κ2) is 15.4. The van der Waals surface area contributed by atoms with Gasteiger partial charge in [0.05, 0.1) is 43.0 Å². The van der Waals surface area contributed by atoms with E-state index < -0.39 is 32.5 Å². The first-order chi connectivity index (χ1) is 22.3. The zero-order valence-corrected chi connectivity index (χ0v) is 29.2. The van der Waals surface area contributed by atoms with E-state index in [0.717, 1.165) is 0 Å². The fourth-order valence-electron chi connectivity index (χ4n) is 5.21. The minimum absolute atomic E-state index is 0.0601. The van der Waals surface area contributed by atoms with Crippen LogP contribution < -0.4 is 0 Å². The minimum atomic E-state index is -2.31. The van der Waals surface area contributed by atoms with Crippen LogP contribution in [0.4, 0.5) is 5.82 Å². The number of benzene rings is 2. The van der Waals surface area contributed by atoms with Crippen molar-refractivity contribution in [3.8, 4) is 0 Å². The molecule has 0 aliphatic heterocycles. The minimum Gasteiger partial charge on any atom is -0.462 e. The lowest BCUT2D eigenvalue weighted by Crippen LogP contribution is -2.42. The molecule has 0 N–H and O–H groups in total. The molecule has 3 aromatic rings. The van der Waals surface area contributed by atoms with Gasteiger partial charge in [-0.2, -0.15) is 0 Å². The first-order valence-electron chi connectivity index (χ1n) is 15.7. The molecule has 0 unspecified atom stereocenters. The van der Waals surface area contributed by atoms with Crippen molar-refractivity contribution in [2.75, 3.05) is 27.2 Å². The van der Waals surface area contributed by atoms with Gasteiger partial charge in [0.15, 0.2) is 14.1 Å². The van der Waals surface area contributed by atoms with E-state index in [4.69, 9.17) is 23.9 Å². The van der Waals surface area contributed by atoms with Gasteiger partial charge in [-0.25, -0.2) is 19.6 Å². The number of nitrogens with zero attached hydrogens (tertiary/aromatic N) is 7. The highest BCUT2D eigenvalue weighted by molar-refractivity contribution is 6.74. The Morgan fingerprint density at radius 1 is 1.06 bits per heavy atom. The van der Waals surface area contributed by atoms with Crippen molar-refractivity contribution >= 4 is 32.4 Å². The molecular weight excluding hydrogens is 615 g/mol. The molecule has 0 spiro atoms. The summed E-state index contributed by atoms with van der Waals surface area (Å²) >= 11 is 0. The van der Waals surface area contributed by atoms with Crippen molar-refractivity contribution in [1.82, 2.24) is 14.5 Å². The molecule has 0 amide bonds. The summed E-state index contributed by atoms with van der Waals surface area (Å²) in [5.74, 6) is -0.591. The summed E-state index contributed by atoms with van der Waals surface area (Å²) in [6.07, 6.45) is 3.26. The second-order valence-electron chi connectivity index (χ2n) is 13.5. The normalized spacial score (nSPS) is 18.8. The largest absolute Gasteiger partial charge is 0.462 e. The second-order valence-corrected chi connectivity index (χ2v) is 18.3. The lowest BCUT2D eigenvalue weighted by Gasteiger charge is -2.38. The van der Waals surface area contributed by atoms with Crippen LogP contribution in [0.1, 0.15) is 72.2 Å². The summed E-state index contributed by atoms with van der Waals surface area (Å²) in [5, 5.41) is 3.78. The van der Waals surface area contributed by atoms with Crippen molar-refractivity contribution in [2.24, 2.45) is 16.0 Å². The molecule has 0 radical (unpaired) electrons. The van der Waals surface area contributed by atoms with Gasteiger partial charge in [0.1, 0.15) is 11.8 Å². The van der Waals surface area contributed by atoms with Gasteiger partial charge in [-0.05, 0) is 54.3 Å². The standard InChI is InChI=1S/C34H45N7O5Si/c1-34(2,3)47(6,7)46-29(20-38-39-35)30-31(37-22-40(4)5)41(23-36-30)27-18-26(21-44-32(42)24-14-10-8-11-15-24)28(19-27)45-33(43)25-16-12-9-13-17-25/h8-17,22-23,26-29H,18-21H2,1-7H3/b37-22+/t26-,27-,28+,29-/m1/s1. The quantitative estimate of drug-likeness (QED) is 0.0351. The van der Waals surface area contributed by atoms with E-state index in [0.29, 0.717) is 35.5 Å². The first kappa shape index (κ1) is 35.4. The number of aliphatic imine (C=N–C) groups is 1. The van der Waals surface area contributed by atoms with E-state index in [1.807, 2.05) is 35.7 Å². The molecule has 0 saturated heterocycles. The molecule has 4 rings (SSSR count). The zero-order chi connectivity index (χ0) is 34.2. The molecule has 1 aromatic heterocycles. The number of imidazole rings is 1. The molecule has 250 valence electrons. The lowest BCUT2D eigenvalue weighted by molar-refractivity contribution is 0.00476. The van der Waals surface area contributed by atoms with Crippen LogP contribution in [0, 0.1) is 5.92 Å². The number of carbonyl (C=O) groups is 2. The molecule has 4 atom stereocenters. The number of hydrogen-bond acceptors (Lipinski definition) is 8. The number of azide groups is 1.